The van der Waals surface area contributed by atoms with Gasteiger partial charge in [0.05, 0.1) is 17.4 Å². The fourth-order valence-electron chi connectivity index (χ4n) is 1.73. The fraction of sp³-hybridized carbons (Fsp3) is 0.167. The average Bonchev–Trinajstić information content (AvgIpc) is 2.28. The minimum atomic E-state index is -0.337. The third kappa shape index (κ3) is 1.99. The summed E-state index contributed by atoms with van der Waals surface area (Å²) in [6, 6.07) is 7.24. The van der Waals surface area contributed by atoms with Gasteiger partial charge in [0.1, 0.15) is 0 Å². The first-order valence-corrected chi connectivity index (χ1v) is 5.13. The number of hydrogen-bond acceptors (Lipinski definition) is 4. The van der Waals surface area contributed by atoms with E-state index in [1.165, 1.54) is 20.0 Å². The molecule has 0 saturated heterocycles. The maximum Gasteiger partial charge on any atom is 0.230 e. The Kier molecular flexibility index (Phi) is 2.82. The van der Waals surface area contributed by atoms with Crippen molar-refractivity contribution in [3.8, 4) is 0 Å². The number of rotatable bonds is 1. The normalized spacial score (nSPS) is 10.2. The van der Waals surface area contributed by atoms with Gasteiger partial charge in [0.2, 0.25) is 11.8 Å². The van der Waals surface area contributed by atoms with Crippen LogP contribution in [0.1, 0.15) is 13.8 Å². The molecule has 2 aromatic rings. The summed E-state index contributed by atoms with van der Waals surface area (Å²) in [5.74, 6) is -0.675. The molecule has 0 unspecified atom stereocenters. The van der Waals surface area contributed by atoms with Gasteiger partial charge in [0, 0.05) is 19.2 Å². The Morgan fingerprint density at radius 2 is 1.76 bits per heavy atom. The molecule has 0 radical (unpaired) electrons. The van der Waals surface area contributed by atoms with E-state index in [2.05, 4.69) is 10.2 Å². The highest BCUT2D eigenvalue weighted by Crippen LogP contribution is 2.24. The number of anilines is 1. The van der Waals surface area contributed by atoms with Gasteiger partial charge >= 0.3 is 0 Å². The van der Waals surface area contributed by atoms with E-state index in [4.69, 9.17) is 0 Å². The van der Waals surface area contributed by atoms with Crippen molar-refractivity contribution in [2.24, 2.45) is 0 Å². The lowest BCUT2D eigenvalue weighted by Gasteiger charge is -2.17. The minimum absolute atomic E-state index is 0.337. The van der Waals surface area contributed by atoms with Crippen LogP contribution in [0.3, 0.4) is 0 Å². The molecule has 0 atom stereocenters. The van der Waals surface area contributed by atoms with Gasteiger partial charge in [-0.05, 0) is 6.07 Å². The number of benzene rings is 1. The van der Waals surface area contributed by atoms with Crippen LogP contribution in [0.25, 0.3) is 10.9 Å². The smallest absolute Gasteiger partial charge is 0.230 e. The number of carbonyl (C=O) groups excluding carboxylic acids is 2. The number of imide groups is 1. The quantitative estimate of drug-likeness (QED) is 0.743. The molecule has 0 aliphatic heterocycles. The zero-order chi connectivity index (χ0) is 12.4. The maximum absolute atomic E-state index is 11.5. The molecule has 0 aliphatic carbocycles. The molecular formula is C12H11N3O2. The zero-order valence-corrected chi connectivity index (χ0v) is 9.54. The van der Waals surface area contributed by atoms with Crippen LogP contribution in [0.4, 0.5) is 5.69 Å². The van der Waals surface area contributed by atoms with Gasteiger partial charge in [-0.25, -0.2) is 4.90 Å². The molecule has 2 amide bonds. The van der Waals surface area contributed by atoms with Crippen molar-refractivity contribution >= 4 is 28.4 Å². The highest BCUT2D eigenvalue weighted by Gasteiger charge is 2.19. The molecule has 1 heterocycles. The highest BCUT2D eigenvalue weighted by atomic mass is 16.2. The Morgan fingerprint density at radius 1 is 1.12 bits per heavy atom. The molecule has 1 aromatic heterocycles. The lowest BCUT2D eigenvalue weighted by atomic mass is 10.2. The van der Waals surface area contributed by atoms with Gasteiger partial charge in [0.25, 0.3) is 0 Å². The maximum atomic E-state index is 11.5. The Morgan fingerprint density at radius 3 is 2.41 bits per heavy atom. The summed E-state index contributed by atoms with van der Waals surface area (Å²) in [5, 5.41) is 8.48. The molecule has 1 aromatic carbocycles. The Bertz CT molecular complexity index is 576. The first-order chi connectivity index (χ1) is 8.11. The van der Waals surface area contributed by atoms with E-state index in [-0.39, 0.29) is 11.8 Å². The molecule has 0 N–H and O–H groups in total. The van der Waals surface area contributed by atoms with Crippen molar-refractivity contribution < 1.29 is 9.59 Å². The topological polar surface area (TPSA) is 63.2 Å². The van der Waals surface area contributed by atoms with Crippen LogP contribution in [0.5, 0.6) is 0 Å². The van der Waals surface area contributed by atoms with E-state index < -0.39 is 0 Å². The third-order valence-electron chi connectivity index (χ3n) is 2.40. The number of hydrogen-bond donors (Lipinski definition) is 0. The van der Waals surface area contributed by atoms with Crippen molar-refractivity contribution in [2.75, 3.05) is 4.90 Å². The van der Waals surface area contributed by atoms with Crippen LogP contribution in [0.2, 0.25) is 0 Å². The van der Waals surface area contributed by atoms with Crippen LogP contribution in [-0.4, -0.2) is 22.0 Å². The summed E-state index contributed by atoms with van der Waals surface area (Å²) in [6.45, 7) is 2.69. The van der Waals surface area contributed by atoms with Crippen LogP contribution >= 0.6 is 0 Å². The number of fused-ring (bicyclic) bond motifs is 1. The summed E-state index contributed by atoms with van der Waals surface area (Å²) >= 11 is 0. The summed E-state index contributed by atoms with van der Waals surface area (Å²) < 4.78 is 0. The standard InChI is InChI=1S/C12H11N3O2/c1-8(16)15(9(2)17)12-7-13-14-11-6-4-3-5-10(11)12/h3-7H,1-2H3. The minimum Gasteiger partial charge on any atom is -0.274 e. The highest BCUT2D eigenvalue weighted by molar-refractivity contribution is 6.17. The SMILES string of the molecule is CC(=O)N(C(C)=O)c1cnnc2ccccc12. The zero-order valence-electron chi connectivity index (χ0n) is 9.54. The average molecular weight is 229 g/mol. The summed E-state index contributed by atoms with van der Waals surface area (Å²) in [6.07, 6.45) is 1.42. The van der Waals surface area contributed by atoms with E-state index >= 15 is 0 Å². The Hall–Kier alpha value is -2.30. The van der Waals surface area contributed by atoms with E-state index in [0.717, 1.165) is 10.3 Å². The lowest BCUT2D eigenvalue weighted by Crippen LogP contribution is -2.33. The predicted molar refractivity (Wildman–Crippen MR) is 63.4 cm³/mol. The molecule has 17 heavy (non-hydrogen) atoms. The van der Waals surface area contributed by atoms with Crippen LogP contribution < -0.4 is 4.90 Å². The largest absolute Gasteiger partial charge is 0.274 e. The molecule has 0 saturated carbocycles. The summed E-state index contributed by atoms with van der Waals surface area (Å²) in [7, 11) is 0. The van der Waals surface area contributed by atoms with Gasteiger partial charge in [-0.15, -0.1) is 0 Å². The first kappa shape index (κ1) is 11.2. The van der Waals surface area contributed by atoms with Gasteiger partial charge in [0.15, 0.2) is 0 Å². The van der Waals surface area contributed by atoms with E-state index in [9.17, 15) is 9.59 Å². The second-order valence-electron chi connectivity index (χ2n) is 3.62. The molecule has 2 rings (SSSR count). The predicted octanol–water partition coefficient (Wildman–Crippen LogP) is 1.53. The van der Waals surface area contributed by atoms with Crippen molar-refractivity contribution in [1.82, 2.24) is 10.2 Å². The van der Waals surface area contributed by atoms with E-state index in [1.807, 2.05) is 12.1 Å². The molecule has 5 nitrogen and oxygen atoms in total. The van der Waals surface area contributed by atoms with Crippen LogP contribution in [-0.2, 0) is 9.59 Å². The Balaban J connectivity index is 2.69. The second kappa shape index (κ2) is 4.29. The van der Waals surface area contributed by atoms with Crippen molar-refractivity contribution in [1.29, 1.82) is 0 Å². The van der Waals surface area contributed by atoms with E-state index in [1.54, 1.807) is 12.1 Å². The van der Waals surface area contributed by atoms with Crippen LogP contribution in [0, 0.1) is 0 Å². The third-order valence-corrected chi connectivity index (χ3v) is 2.40. The lowest BCUT2D eigenvalue weighted by molar-refractivity contribution is -0.124. The first-order valence-electron chi connectivity index (χ1n) is 5.13. The molecule has 0 fully saturated rings. The number of carbonyl (C=O) groups is 2. The summed E-state index contributed by atoms with van der Waals surface area (Å²) in [4.78, 5) is 24.1. The monoisotopic (exact) mass is 229 g/mol. The van der Waals surface area contributed by atoms with Gasteiger partial charge in [-0.1, -0.05) is 18.2 Å². The number of amides is 2. The fourth-order valence-corrected chi connectivity index (χ4v) is 1.73. The van der Waals surface area contributed by atoms with Crippen molar-refractivity contribution in [3.63, 3.8) is 0 Å². The second-order valence-corrected chi connectivity index (χ2v) is 3.62. The molecule has 86 valence electrons. The van der Waals surface area contributed by atoms with Gasteiger partial charge in [-0.3, -0.25) is 9.59 Å². The molecule has 0 spiro atoms. The molecular weight excluding hydrogens is 218 g/mol. The molecule has 0 bridgehead atoms. The van der Waals surface area contributed by atoms with Gasteiger partial charge < -0.3 is 0 Å². The molecule has 0 aliphatic rings. The van der Waals surface area contributed by atoms with Crippen molar-refractivity contribution in [3.05, 3.63) is 30.5 Å². The summed E-state index contributed by atoms with van der Waals surface area (Å²) in [5.41, 5.74) is 1.12. The Labute approximate surface area is 98.1 Å². The number of aromatic nitrogens is 2. The van der Waals surface area contributed by atoms with Gasteiger partial charge in [-0.2, -0.15) is 10.2 Å². The number of nitrogens with zero attached hydrogens (tertiary/aromatic N) is 3. The van der Waals surface area contributed by atoms with E-state index in [0.29, 0.717) is 11.2 Å². The van der Waals surface area contributed by atoms with Crippen molar-refractivity contribution in [2.45, 2.75) is 13.8 Å². The molecule has 5 heteroatoms. The van der Waals surface area contributed by atoms with Crippen LogP contribution in [0.15, 0.2) is 30.5 Å².